The Hall–Kier alpha value is -1.24. The van der Waals surface area contributed by atoms with Crippen molar-refractivity contribution < 1.29 is 19.4 Å². The molecule has 0 aromatic carbocycles. The van der Waals surface area contributed by atoms with Crippen LogP contribution in [0, 0.1) is 0 Å². The van der Waals surface area contributed by atoms with Gasteiger partial charge < -0.3 is 19.7 Å². The van der Waals surface area contributed by atoms with E-state index >= 15 is 0 Å². The van der Waals surface area contributed by atoms with E-state index in [-0.39, 0.29) is 29.0 Å². The molecule has 2 heterocycles. The Labute approximate surface area is 112 Å². The molecule has 1 saturated heterocycles. The van der Waals surface area contributed by atoms with Crippen molar-refractivity contribution in [1.82, 2.24) is 9.88 Å². The number of ether oxygens (including phenoxy) is 1. The van der Waals surface area contributed by atoms with E-state index in [4.69, 9.17) is 33.0 Å². The molecule has 1 fully saturated rings. The standard InChI is InChI=1S/C10H10Cl2N2O4/c11-5-3-6(13-8(5)12)9(15)14-1-2-18-4-7(14)10(16)17/h3,7,13H,1-2,4H2,(H,16,17)/t7-/m0/s1. The fourth-order valence-electron chi connectivity index (χ4n) is 1.73. The van der Waals surface area contributed by atoms with Crippen LogP contribution in [0.2, 0.25) is 10.2 Å². The van der Waals surface area contributed by atoms with Gasteiger partial charge in [-0.3, -0.25) is 4.79 Å². The Kier molecular flexibility index (Phi) is 3.79. The van der Waals surface area contributed by atoms with Crippen molar-refractivity contribution in [2.75, 3.05) is 19.8 Å². The maximum absolute atomic E-state index is 12.1. The zero-order chi connectivity index (χ0) is 13.3. The van der Waals surface area contributed by atoms with Gasteiger partial charge in [0.15, 0.2) is 6.04 Å². The number of aliphatic carboxylic acids is 1. The number of hydrogen-bond donors (Lipinski definition) is 2. The third kappa shape index (κ3) is 2.45. The summed E-state index contributed by atoms with van der Waals surface area (Å²) in [5, 5.41) is 9.40. The molecule has 0 bridgehead atoms. The van der Waals surface area contributed by atoms with Gasteiger partial charge in [-0.15, -0.1) is 0 Å². The zero-order valence-corrected chi connectivity index (χ0v) is 10.7. The molecule has 0 saturated carbocycles. The molecular formula is C10H10Cl2N2O4. The van der Waals surface area contributed by atoms with E-state index in [2.05, 4.69) is 4.98 Å². The molecule has 1 aliphatic heterocycles. The number of nitrogens with one attached hydrogen (secondary N) is 1. The van der Waals surface area contributed by atoms with E-state index in [1.54, 1.807) is 0 Å². The first-order valence-corrected chi connectivity index (χ1v) is 5.92. The molecule has 1 amide bonds. The fourth-order valence-corrected chi connectivity index (χ4v) is 2.04. The molecule has 0 aliphatic carbocycles. The maximum Gasteiger partial charge on any atom is 0.328 e. The highest BCUT2D eigenvalue weighted by Gasteiger charge is 2.34. The highest BCUT2D eigenvalue weighted by Crippen LogP contribution is 2.23. The van der Waals surface area contributed by atoms with Crippen LogP contribution >= 0.6 is 23.2 Å². The number of carbonyl (C=O) groups excluding carboxylic acids is 1. The third-order valence-corrected chi connectivity index (χ3v) is 3.32. The van der Waals surface area contributed by atoms with E-state index in [9.17, 15) is 9.59 Å². The normalized spacial score (nSPS) is 19.9. The Morgan fingerprint density at radius 3 is 2.78 bits per heavy atom. The summed E-state index contributed by atoms with van der Waals surface area (Å²) in [6.45, 7) is 0.491. The number of nitrogens with zero attached hydrogens (tertiary/aromatic N) is 1. The topological polar surface area (TPSA) is 82.6 Å². The highest BCUT2D eigenvalue weighted by atomic mass is 35.5. The monoisotopic (exact) mass is 292 g/mol. The van der Waals surface area contributed by atoms with Gasteiger partial charge in [0.05, 0.1) is 18.2 Å². The minimum Gasteiger partial charge on any atom is -0.480 e. The lowest BCUT2D eigenvalue weighted by atomic mass is 10.2. The predicted octanol–water partition coefficient (Wildman–Crippen LogP) is 1.25. The highest BCUT2D eigenvalue weighted by molar-refractivity contribution is 6.41. The van der Waals surface area contributed by atoms with Gasteiger partial charge in [0.1, 0.15) is 10.8 Å². The molecule has 0 unspecified atom stereocenters. The van der Waals surface area contributed by atoms with Crippen molar-refractivity contribution in [1.29, 1.82) is 0 Å². The molecule has 2 rings (SSSR count). The van der Waals surface area contributed by atoms with E-state index in [1.165, 1.54) is 11.0 Å². The Bertz CT molecular complexity index is 469. The molecular weight excluding hydrogens is 283 g/mol. The summed E-state index contributed by atoms with van der Waals surface area (Å²) >= 11 is 11.4. The second-order valence-electron chi connectivity index (χ2n) is 3.77. The quantitative estimate of drug-likeness (QED) is 0.859. The predicted molar refractivity (Wildman–Crippen MR) is 64.1 cm³/mol. The number of morpholine rings is 1. The second kappa shape index (κ2) is 5.17. The summed E-state index contributed by atoms with van der Waals surface area (Å²) in [6, 6.07) is 0.382. The van der Waals surface area contributed by atoms with Crippen LogP contribution in [-0.4, -0.2) is 52.7 Å². The van der Waals surface area contributed by atoms with Gasteiger partial charge in [0.2, 0.25) is 0 Å². The van der Waals surface area contributed by atoms with E-state index in [0.717, 1.165) is 0 Å². The van der Waals surface area contributed by atoms with Gasteiger partial charge in [-0.2, -0.15) is 0 Å². The minimum atomic E-state index is -1.10. The summed E-state index contributed by atoms with van der Waals surface area (Å²) in [6.07, 6.45) is 0. The van der Waals surface area contributed by atoms with Gasteiger partial charge in [0.25, 0.3) is 5.91 Å². The van der Waals surface area contributed by atoms with Gasteiger partial charge in [-0.05, 0) is 6.07 Å². The fraction of sp³-hybridized carbons (Fsp3) is 0.400. The Balaban J connectivity index is 2.23. The smallest absolute Gasteiger partial charge is 0.328 e. The van der Waals surface area contributed by atoms with Gasteiger partial charge in [0, 0.05) is 6.54 Å². The molecule has 18 heavy (non-hydrogen) atoms. The van der Waals surface area contributed by atoms with Crippen molar-refractivity contribution in [2.24, 2.45) is 0 Å². The van der Waals surface area contributed by atoms with Crippen molar-refractivity contribution >= 4 is 35.1 Å². The van der Waals surface area contributed by atoms with E-state index in [1.807, 2.05) is 0 Å². The number of carboxylic acid groups (broad SMARTS) is 1. The van der Waals surface area contributed by atoms with Crippen LogP contribution in [0.4, 0.5) is 0 Å². The number of H-pyrrole nitrogens is 1. The largest absolute Gasteiger partial charge is 0.480 e. The van der Waals surface area contributed by atoms with Crippen LogP contribution in [0.5, 0.6) is 0 Å². The number of aromatic amines is 1. The average molecular weight is 293 g/mol. The number of hydrogen-bond acceptors (Lipinski definition) is 3. The third-order valence-electron chi connectivity index (χ3n) is 2.63. The molecule has 6 nitrogen and oxygen atoms in total. The van der Waals surface area contributed by atoms with Gasteiger partial charge in [-0.1, -0.05) is 23.2 Å². The van der Waals surface area contributed by atoms with Crippen molar-refractivity contribution in [3.8, 4) is 0 Å². The number of amides is 1. The van der Waals surface area contributed by atoms with Gasteiger partial charge >= 0.3 is 5.97 Å². The maximum atomic E-state index is 12.1. The van der Waals surface area contributed by atoms with Gasteiger partial charge in [-0.25, -0.2) is 4.79 Å². The molecule has 0 spiro atoms. The van der Waals surface area contributed by atoms with Crippen LogP contribution in [0.25, 0.3) is 0 Å². The minimum absolute atomic E-state index is 0.0246. The van der Waals surface area contributed by atoms with Crippen LogP contribution in [0.3, 0.4) is 0 Å². The van der Waals surface area contributed by atoms with Crippen molar-refractivity contribution in [2.45, 2.75) is 6.04 Å². The summed E-state index contributed by atoms with van der Waals surface area (Å²) < 4.78 is 5.05. The first kappa shape index (κ1) is 13.2. The van der Waals surface area contributed by atoms with E-state index < -0.39 is 17.9 Å². The molecule has 1 aliphatic rings. The average Bonchev–Trinajstić information content (AvgIpc) is 2.68. The Morgan fingerprint density at radius 1 is 1.50 bits per heavy atom. The van der Waals surface area contributed by atoms with Crippen LogP contribution in [-0.2, 0) is 9.53 Å². The number of halogens is 2. The molecule has 98 valence electrons. The summed E-state index contributed by atoms with van der Waals surface area (Å²) in [5.41, 5.74) is 0.165. The Morgan fingerprint density at radius 2 is 2.22 bits per heavy atom. The number of rotatable bonds is 2. The molecule has 0 radical (unpaired) electrons. The number of carbonyl (C=O) groups is 2. The van der Waals surface area contributed by atoms with Crippen LogP contribution < -0.4 is 0 Å². The number of carboxylic acids is 1. The molecule has 2 N–H and O–H groups in total. The lowest BCUT2D eigenvalue weighted by Gasteiger charge is -2.32. The molecule has 1 aromatic rings. The summed E-state index contributed by atoms with van der Waals surface area (Å²) in [7, 11) is 0. The van der Waals surface area contributed by atoms with Crippen LogP contribution in [0.1, 0.15) is 10.5 Å². The first-order valence-electron chi connectivity index (χ1n) is 5.16. The molecule has 1 atom stereocenters. The summed E-state index contributed by atoms with van der Waals surface area (Å²) in [5.74, 6) is -1.56. The molecule has 8 heteroatoms. The SMILES string of the molecule is O=C(O)[C@@H]1COCCN1C(=O)c1cc(Cl)c(Cl)[nH]1. The van der Waals surface area contributed by atoms with E-state index in [0.29, 0.717) is 6.61 Å². The lowest BCUT2D eigenvalue weighted by Crippen LogP contribution is -2.52. The first-order chi connectivity index (χ1) is 8.50. The zero-order valence-electron chi connectivity index (χ0n) is 9.15. The van der Waals surface area contributed by atoms with Crippen molar-refractivity contribution in [3.05, 3.63) is 21.9 Å². The second-order valence-corrected chi connectivity index (χ2v) is 4.56. The number of aromatic nitrogens is 1. The molecule has 1 aromatic heterocycles. The van der Waals surface area contributed by atoms with Crippen LogP contribution in [0.15, 0.2) is 6.07 Å². The summed E-state index contributed by atoms with van der Waals surface area (Å²) in [4.78, 5) is 27.0. The lowest BCUT2D eigenvalue weighted by molar-refractivity contribution is -0.147. The van der Waals surface area contributed by atoms with Crippen molar-refractivity contribution in [3.63, 3.8) is 0 Å².